The highest BCUT2D eigenvalue weighted by atomic mass is 35.5. The molecule has 0 spiro atoms. The molecule has 0 radical (unpaired) electrons. The molecule has 0 aromatic carbocycles. The number of hydrogen-bond donors (Lipinski definition) is 4. The smallest absolute Gasteiger partial charge is 0.189 e. The first-order chi connectivity index (χ1) is 19.6. The third-order valence-electron chi connectivity index (χ3n) is 6.62. The second kappa shape index (κ2) is 10.5. The van der Waals surface area contributed by atoms with E-state index in [0.717, 1.165) is 75.7 Å². The Labute approximate surface area is 242 Å². The van der Waals surface area contributed by atoms with Crippen molar-refractivity contribution in [1.29, 1.82) is 0 Å². The monoisotopic (exact) mass is 586 g/mol. The summed E-state index contributed by atoms with van der Waals surface area (Å²) in [7, 11) is 0. The molecule has 0 fully saturated rings. The molecule has 0 saturated carbocycles. The van der Waals surface area contributed by atoms with E-state index in [1.54, 1.807) is 28.7 Å². The zero-order valence-corrected chi connectivity index (χ0v) is 23.7. The lowest BCUT2D eigenvalue weighted by molar-refractivity contribution is 0.890. The fraction of sp³-hybridized carbons (Fsp3) is 0.185. The third kappa shape index (κ3) is 4.96. The second-order valence-corrected chi connectivity index (χ2v) is 11.9. The van der Waals surface area contributed by atoms with Gasteiger partial charge in [-0.15, -0.1) is 22.7 Å². The lowest BCUT2D eigenvalue weighted by atomic mass is 10.0. The van der Waals surface area contributed by atoms with E-state index >= 15 is 0 Å². The molecule has 0 bridgehead atoms. The van der Waals surface area contributed by atoms with E-state index in [2.05, 4.69) is 46.0 Å². The fourth-order valence-corrected chi connectivity index (χ4v) is 6.90. The van der Waals surface area contributed by atoms with Crippen LogP contribution in [-0.4, -0.2) is 40.3 Å². The van der Waals surface area contributed by atoms with Crippen LogP contribution >= 0.6 is 34.3 Å². The number of pyridine rings is 2. The van der Waals surface area contributed by atoms with Crippen molar-refractivity contribution in [2.45, 2.75) is 32.6 Å². The number of anilines is 4. The molecule has 2 aliphatic rings. The van der Waals surface area contributed by atoms with Crippen molar-refractivity contribution in [3.8, 4) is 22.5 Å². The zero-order chi connectivity index (χ0) is 27.1. The molecule has 0 atom stereocenters. The Morgan fingerprint density at radius 3 is 1.80 bits per heavy atom. The predicted molar refractivity (Wildman–Crippen MR) is 159 cm³/mol. The van der Waals surface area contributed by atoms with E-state index in [-0.39, 0.29) is 0 Å². The van der Waals surface area contributed by atoms with E-state index in [9.17, 15) is 0 Å². The number of nitrogens with one attached hydrogen (secondary N) is 4. The van der Waals surface area contributed by atoms with Gasteiger partial charge in [0.1, 0.15) is 16.8 Å². The lowest BCUT2D eigenvalue weighted by Gasteiger charge is -2.08. The number of fused-ring (bicyclic) bond motifs is 6. The quantitative estimate of drug-likeness (QED) is 0.172. The Kier molecular flexibility index (Phi) is 6.50. The van der Waals surface area contributed by atoms with Crippen molar-refractivity contribution >= 4 is 56.2 Å². The van der Waals surface area contributed by atoms with Gasteiger partial charge in [-0.2, -0.15) is 10.2 Å². The Hall–Kier alpha value is -4.13. The average molecular weight is 587 g/mol. The summed E-state index contributed by atoms with van der Waals surface area (Å²) in [5.74, 6) is 1.54. The number of nitrogens with zero attached hydrogens (tertiary/aromatic N) is 6. The number of halogens is 1. The average Bonchev–Trinajstić information content (AvgIpc) is 3.73. The Bertz CT molecular complexity index is 1690. The van der Waals surface area contributed by atoms with Crippen molar-refractivity contribution in [3.63, 3.8) is 0 Å². The van der Waals surface area contributed by atoms with Crippen molar-refractivity contribution in [2.75, 3.05) is 10.6 Å². The molecule has 0 unspecified atom stereocenters. The van der Waals surface area contributed by atoms with Crippen LogP contribution < -0.4 is 10.6 Å². The van der Waals surface area contributed by atoms with Gasteiger partial charge in [-0.05, 0) is 56.9 Å². The van der Waals surface area contributed by atoms with E-state index in [1.165, 1.54) is 15.4 Å². The fourth-order valence-electron chi connectivity index (χ4n) is 4.77. The number of hydrogen-bond acceptors (Lipinski definition) is 10. The summed E-state index contributed by atoms with van der Waals surface area (Å²) in [5, 5.41) is 23.0. The summed E-state index contributed by atoms with van der Waals surface area (Å²) in [6.45, 7) is 1.98. The van der Waals surface area contributed by atoms with Gasteiger partial charge in [-0.25, -0.2) is 19.9 Å². The SMILES string of the molecule is Cc1cccc(Nc2nc3c(s2)CCc2[nH]ncc2-3)n1.Clc1cccc(Nc2nc3c(s2)CCc2[nH]ncc2-3)n1. The predicted octanol–water partition coefficient (Wildman–Crippen LogP) is 6.50. The minimum atomic E-state index is 0.466. The summed E-state index contributed by atoms with van der Waals surface area (Å²) >= 11 is 9.24. The Balaban J connectivity index is 0.000000132. The maximum absolute atomic E-state index is 5.88. The van der Waals surface area contributed by atoms with Gasteiger partial charge in [0.15, 0.2) is 10.3 Å². The van der Waals surface area contributed by atoms with Crippen molar-refractivity contribution < 1.29 is 0 Å². The molecule has 40 heavy (non-hydrogen) atoms. The molecule has 8 rings (SSSR count). The number of aryl methyl sites for hydroxylation is 5. The topological polar surface area (TPSA) is 133 Å². The van der Waals surface area contributed by atoms with Gasteiger partial charge in [0.2, 0.25) is 0 Å². The first kappa shape index (κ1) is 24.9. The molecule has 2 aliphatic carbocycles. The van der Waals surface area contributed by atoms with E-state index < -0.39 is 0 Å². The molecule has 4 N–H and O–H groups in total. The maximum Gasteiger partial charge on any atom is 0.189 e. The van der Waals surface area contributed by atoms with Crippen LogP contribution in [0.5, 0.6) is 0 Å². The highest BCUT2D eigenvalue weighted by Crippen LogP contribution is 2.39. The second-order valence-electron chi connectivity index (χ2n) is 9.37. The molecule has 0 saturated heterocycles. The van der Waals surface area contributed by atoms with Gasteiger partial charge in [0.05, 0.1) is 23.8 Å². The van der Waals surface area contributed by atoms with Crippen LogP contribution in [-0.2, 0) is 25.7 Å². The van der Waals surface area contributed by atoms with Crippen LogP contribution in [0.3, 0.4) is 0 Å². The van der Waals surface area contributed by atoms with Crippen LogP contribution in [0.1, 0.15) is 26.8 Å². The van der Waals surface area contributed by atoms with E-state index in [0.29, 0.717) is 11.0 Å². The summed E-state index contributed by atoms with van der Waals surface area (Å²) in [6.07, 6.45) is 7.71. The Morgan fingerprint density at radius 2 is 1.25 bits per heavy atom. The van der Waals surface area contributed by atoms with Gasteiger partial charge in [0.25, 0.3) is 0 Å². The lowest BCUT2D eigenvalue weighted by Crippen LogP contribution is -2.00. The van der Waals surface area contributed by atoms with Gasteiger partial charge in [0, 0.05) is 38.0 Å². The first-order valence-electron chi connectivity index (χ1n) is 12.7. The van der Waals surface area contributed by atoms with Crippen LogP contribution in [0.15, 0.2) is 48.8 Å². The largest absolute Gasteiger partial charge is 0.316 e. The molecular formula is C27H23ClN10S2. The van der Waals surface area contributed by atoms with Crippen LogP contribution in [0.25, 0.3) is 22.5 Å². The minimum Gasteiger partial charge on any atom is -0.316 e. The highest BCUT2D eigenvalue weighted by Gasteiger charge is 2.23. The van der Waals surface area contributed by atoms with Gasteiger partial charge in [-0.3, -0.25) is 10.2 Å². The van der Waals surface area contributed by atoms with Crippen molar-refractivity contribution in [1.82, 2.24) is 40.3 Å². The normalized spacial score (nSPS) is 12.8. The van der Waals surface area contributed by atoms with Crippen LogP contribution in [0.2, 0.25) is 5.15 Å². The molecule has 6 aromatic heterocycles. The van der Waals surface area contributed by atoms with Crippen LogP contribution in [0.4, 0.5) is 21.9 Å². The summed E-state index contributed by atoms with van der Waals surface area (Å²) < 4.78 is 0. The molecular weight excluding hydrogens is 564 g/mol. The summed E-state index contributed by atoms with van der Waals surface area (Å²) in [6, 6.07) is 11.4. The van der Waals surface area contributed by atoms with E-state index in [4.69, 9.17) is 16.6 Å². The summed E-state index contributed by atoms with van der Waals surface area (Å²) in [4.78, 5) is 20.6. The minimum absolute atomic E-state index is 0.466. The highest BCUT2D eigenvalue weighted by molar-refractivity contribution is 7.16. The maximum atomic E-state index is 5.88. The first-order valence-corrected chi connectivity index (χ1v) is 14.7. The number of rotatable bonds is 4. The van der Waals surface area contributed by atoms with E-state index in [1.807, 2.05) is 49.6 Å². The molecule has 13 heteroatoms. The molecule has 0 amide bonds. The molecule has 10 nitrogen and oxygen atoms in total. The number of thiazole rings is 2. The summed E-state index contributed by atoms with van der Waals surface area (Å²) in [5.41, 5.74) is 7.66. The zero-order valence-electron chi connectivity index (χ0n) is 21.3. The third-order valence-corrected chi connectivity index (χ3v) is 8.89. The molecule has 6 heterocycles. The number of aromatic amines is 2. The van der Waals surface area contributed by atoms with Crippen molar-refractivity contribution in [3.05, 3.63) is 80.8 Å². The van der Waals surface area contributed by atoms with Gasteiger partial charge < -0.3 is 10.6 Å². The van der Waals surface area contributed by atoms with Crippen LogP contribution in [0, 0.1) is 6.92 Å². The number of aromatic nitrogens is 8. The Morgan fingerprint density at radius 1 is 0.700 bits per heavy atom. The number of H-pyrrole nitrogens is 2. The molecule has 6 aromatic rings. The van der Waals surface area contributed by atoms with Crippen molar-refractivity contribution in [2.24, 2.45) is 0 Å². The molecule has 0 aliphatic heterocycles. The molecule has 200 valence electrons. The van der Waals surface area contributed by atoms with Gasteiger partial charge >= 0.3 is 0 Å². The standard InChI is InChI=1S/C14H13N5S.C13H10ClN5S/c1-8-3-2-4-12(16-8)17-14-18-13-9-7-15-19-10(9)5-6-11(13)20-14;14-10-2-1-3-11(16-10)17-13-18-12-7-6-15-19-8(7)4-5-9(12)20-13/h2-4,7H,5-6H2,1H3,(H,15,19)(H,16,17,18);1-3,6H,4-5H2,(H,15,19)(H,16,17,18). The van der Waals surface area contributed by atoms with Gasteiger partial charge in [-0.1, -0.05) is 23.7 Å².